The highest BCUT2D eigenvalue weighted by atomic mass is 79.9. The zero-order valence-electron chi connectivity index (χ0n) is 10.9. The van der Waals surface area contributed by atoms with Crippen LogP contribution in [0.1, 0.15) is 0 Å². The molecule has 0 N–H and O–H groups in total. The van der Waals surface area contributed by atoms with Crippen LogP contribution in [0.25, 0.3) is 0 Å². The number of hydrogen-bond acceptors (Lipinski definition) is 2. The summed E-state index contributed by atoms with van der Waals surface area (Å²) in [4.78, 5) is 0. The number of para-hydroxylation sites is 2. The van der Waals surface area contributed by atoms with Crippen LogP contribution in [0.4, 0.5) is 21.5 Å². The molecule has 0 spiro atoms. The van der Waals surface area contributed by atoms with Crippen molar-refractivity contribution in [3.05, 3.63) is 54.3 Å². The predicted octanol–water partition coefficient (Wildman–Crippen LogP) is 3.42. The number of benzene rings is 2. The maximum atomic E-state index is 13.1. The van der Waals surface area contributed by atoms with Gasteiger partial charge in [-0.3, -0.25) is 4.31 Å². The molecular formula is C14H12BrFN2O2S. The van der Waals surface area contributed by atoms with Crippen LogP contribution in [-0.2, 0) is 10.2 Å². The molecule has 7 heteroatoms. The summed E-state index contributed by atoms with van der Waals surface area (Å²) in [6.07, 6.45) is 0. The Bertz CT molecular complexity index is 765. The Morgan fingerprint density at radius 1 is 1.00 bits per heavy atom. The third-order valence-electron chi connectivity index (χ3n) is 3.23. The zero-order valence-corrected chi connectivity index (χ0v) is 13.3. The molecule has 4 nitrogen and oxygen atoms in total. The highest BCUT2D eigenvalue weighted by Crippen LogP contribution is 2.44. The standard InChI is InChI=1S/C14H12BrFN2O2S/c15-9-10-17-13-3-1-2-4-14(13)18(21(17,19)20)12-7-5-11(16)6-8-12/h1-8H,9-10H2. The van der Waals surface area contributed by atoms with E-state index in [0.29, 0.717) is 28.9 Å². The van der Waals surface area contributed by atoms with Gasteiger partial charge in [0.15, 0.2) is 0 Å². The van der Waals surface area contributed by atoms with Gasteiger partial charge in [0, 0.05) is 11.9 Å². The highest BCUT2D eigenvalue weighted by Gasteiger charge is 2.40. The summed E-state index contributed by atoms with van der Waals surface area (Å²) < 4.78 is 41.2. The second kappa shape index (κ2) is 5.31. The molecule has 0 saturated carbocycles. The van der Waals surface area contributed by atoms with Crippen molar-refractivity contribution in [3.63, 3.8) is 0 Å². The quantitative estimate of drug-likeness (QED) is 0.776. The van der Waals surface area contributed by atoms with Crippen molar-refractivity contribution in [2.75, 3.05) is 20.5 Å². The first-order valence-electron chi connectivity index (χ1n) is 6.29. The third-order valence-corrected chi connectivity index (χ3v) is 5.39. The Labute approximate surface area is 131 Å². The van der Waals surface area contributed by atoms with E-state index in [-0.39, 0.29) is 0 Å². The topological polar surface area (TPSA) is 40.6 Å². The van der Waals surface area contributed by atoms with Crippen LogP contribution in [0.3, 0.4) is 0 Å². The third kappa shape index (κ3) is 2.30. The fraction of sp³-hybridized carbons (Fsp3) is 0.143. The molecule has 0 aromatic heterocycles. The van der Waals surface area contributed by atoms with Crippen LogP contribution in [0.15, 0.2) is 48.5 Å². The van der Waals surface area contributed by atoms with E-state index in [9.17, 15) is 12.8 Å². The molecule has 0 atom stereocenters. The lowest BCUT2D eigenvalue weighted by Gasteiger charge is -2.21. The van der Waals surface area contributed by atoms with Crippen LogP contribution in [0.5, 0.6) is 0 Å². The average Bonchev–Trinajstić information content (AvgIpc) is 2.69. The SMILES string of the molecule is O=S1(=O)N(CCBr)c2ccccc2N1c1ccc(F)cc1. The molecule has 1 aliphatic rings. The minimum Gasteiger partial charge on any atom is -0.250 e. The fourth-order valence-corrected chi connectivity index (χ4v) is 4.66. The molecule has 0 unspecified atom stereocenters. The van der Waals surface area contributed by atoms with Crippen LogP contribution >= 0.6 is 15.9 Å². The number of rotatable bonds is 3. The van der Waals surface area contributed by atoms with Gasteiger partial charge >= 0.3 is 10.2 Å². The first-order valence-corrected chi connectivity index (χ1v) is 8.81. The molecule has 110 valence electrons. The summed E-state index contributed by atoms with van der Waals surface area (Å²) in [5.41, 5.74) is 1.62. The monoisotopic (exact) mass is 370 g/mol. The molecule has 1 aliphatic heterocycles. The largest absolute Gasteiger partial charge is 0.331 e. The van der Waals surface area contributed by atoms with Gasteiger partial charge in [0.2, 0.25) is 0 Å². The summed E-state index contributed by atoms with van der Waals surface area (Å²) in [6.45, 7) is 0.330. The van der Waals surface area contributed by atoms with Crippen LogP contribution < -0.4 is 8.61 Å². The fourth-order valence-electron chi connectivity index (χ4n) is 2.36. The van der Waals surface area contributed by atoms with Crippen molar-refractivity contribution in [3.8, 4) is 0 Å². The molecule has 0 saturated heterocycles. The lowest BCUT2D eigenvalue weighted by molar-refractivity contribution is 0.594. The number of alkyl halides is 1. The van der Waals surface area contributed by atoms with E-state index >= 15 is 0 Å². The molecular weight excluding hydrogens is 359 g/mol. The Kier molecular flexibility index (Phi) is 3.62. The minimum absolute atomic E-state index is 0.330. The number of nitrogens with zero attached hydrogens (tertiary/aromatic N) is 2. The van der Waals surface area contributed by atoms with E-state index in [1.54, 1.807) is 24.3 Å². The van der Waals surface area contributed by atoms with E-state index in [2.05, 4.69) is 15.9 Å². The normalized spacial score (nSPS) is 16.1. The van der Waals surface area contributed by atoms with Gasteiger partial charge in [0.05, 0.1) is 17.1 Å². The summed E-state index contributed by atoms with van der Waals surface area (Å²) >= 11 is 3.27. The predicted molar refractivity (Wildman–Crippen MR) is 85.0 cm³/mol. The van der Waals surface area contributed by atoms with Gasteiger partial charge < -0.3 is 0 Å². The van der Waals surface area contributed by atoms with Gasteiger partial charge in [-0.25, -0.2) is 8.70 Å². The van der Waals surface area contributed by atoms with E-state index < -0.39 is 16.0 Å². The maximum absolute atomic E-state index is 13.1. The van der Waals surface area contributed by atoms with Crippen molar-refractivity contribution in [1.82, 2.24) is 0 Å². The van der Waals surface area contributed by atoms with E-state index in [1.807, 2.05) is 0 Å². The second-order valence-corrected chi connectivity index (χ2v) is 6.99. The minimum atomic E-state index is -3.70. The van der Waals surface area contributed by atoms with E-state index in [4.69, 9.17) is 0 Å². The maximum Gasteiger partial charge on any atom is 0.331 e. The van der Waals surface area contributed by atoms with Gasteiger partial charge in [-0.2, -0.15) is 8.42 Å². The van der Waals surface area contributed by atoms with Gasteiger partial charge in [-0.15, -0.1) is 0 Å². The van der Waals surface area contributed by atoms with Crippen molar-refractivity contribution in [1.29, 1.82) is 0 Å². The van der Waals surface area contributed by atoms with Crippen LogP contribution in [0.2, 0.25) is 0 Å². The summed E-state index contributed by atoms with van der Waals surface area (Å²) in [5, 5.41) is 0.526. The van der Waals surface area contributed by atoms with Crippen LogP contribution in [0, 0.1) is 5.82 Å². The Morgan fingerprint density at radius 3 is 2.24 bits per heavy atom. The average molecular weight is 371 g/mol. The smallest absolute Gasteiger partial charge is 0.250 e. The Balaban J connectivity index is 2.18. The summed E-state index contributed by atoms with van der Waals surface area (Å²) in [6, 6.07) is 12.5. The van der Waals surface area contributed by atoms with E-state index in [1.165, 1.54) is 32.9 Å². The van der Waals surface area contributed by atoms with Crippen molar-refractivity contribution in [2.45, 2.75) is 0 Å². The molecule has 21 heavy (non-hydrogen) atoms. The number of anilines is 3. The molecule has 0 amide bonds. The van der Waals surface area contributed by atoms with Gasteiger partial charge in [0.25, 0.3) is 0 Å². The highest BCUT2D eigenvalue weighted by molar-refractivity contribution is 9.09. The molecule has 0 fully saturated rings. The second-order valence-electron chi connectivity index (χ2n) is 4.50. The number of halogens is 2. The van der Waals surface area contributed by atoms with Gasteiger partial charge in [-0.1, -0.05) is 28.1 Å². The van der Waals surface area contributed by atoms with Gasteiger partial charge in [0.1, 0.15) is 5.82 Å². The molecule has 3 rings (SSSR count). The molecule has 2 aromatic rings. The van der Waals surface area contributed by atoms with Crippen molar-refractivity contribution >= 4 is 43.2 Å². The molecule has 1 heterocycles. The number of hydrogen-bond donors (Lipinski definition) is 0. The van der Waals surface area contributed by atoms with Crippen molar-refractivity contribution in [2.24, 2.45) is 0 Å². The van der Waals surface area contributed by atoms with Crippen LogP contribution in [-0.4, -0.2) is 20.3 Å². The molecule has 0 radical (unpaired) electrons. The first-order chi connectivity index (χ1) is 10.1. The first kappa shape index (κ1) is 14.3. The van der Waals surface area contributed by atoms with Gasteiger partial charge in [-0.05, 0) is 36.4 Å². The molecule has 0 aliphatic carbocycles. The molecule has 2 aromatic carbocycles. The van der Waals surface area contributed by atoms with E-state index in [0.717, 1.165) is 0 Å². The Morgan fingerprint density at radius 2 is 1.62 bits per heavy atom. The van der Waals surface area contributed by atoms with Crippen molar-refractivity contribution < 1.29 is 12.8 Å². The molecule has 0 bridgehead atoms. The lowest BCUT2D eigenvalue weighted by atomic mass is 10.2. The number of fused-ring (bicyclic) bond motifs is 1. The lowest BCUT2D eigenvalue weighted by Crippen LogP contribution is -2.36. The summed E-state index contributed by atoms with van der Waals surface area (Å²) in [5.74, 6) is -0.402. The summed E-state index contributed by atoms with van der Waals surface area (Å²) in [7, 11) is -3.70. The Hall–Kier alpha value is -1.60. The zero-order chi connectivity index (χ0) is 15.0.